The number of amides is 1. The van der Waals surface area contributed by atoms with Gasteiger partial charge < -0.3 is 14.8 Å². The zero-order valence-electron chi connectivity index (χ0n) is 12.5. The van der Waals surface area contributed by atoms with Crippen LogP contribution in [0.5, 0.6) is 11.6 Å². The summed E-state index contributed by atoms with van der Waals surface area (Å²) in [5.74, 6) is 1.10. The highest BCUT2D eigenvalue weighted by Crippen LogP contribution is 2.25. The molecule has 0 unspecified atom stereocenters. The second-order valence-corrected chi connectivity index (χ2v) is 4.76. The Morgan fingerprint density at radius 1 is 1.13 bits per heavy atom. The van der Waals surface area contributed by atoms with E-state index in [4.69, 9.17) is 9.47 Å². The standard InChI is InChI=1S/C17H15N3O3/c1-22-17-9-15(18-11-19-17)20-16(21)10-23-14-8-4-6-12-5-2-3-7-13(12)14/h2-9,11H,10H2,1H3,(H,18,19,20,21). The van der Waals surface area contributed by atoms with Gasteiger partial charge in [-0.2, -0.15) is 0 Å². The molecule has 1 aromatic heterocycles. The van der Waals surface area contributed by atoms with Gasteiger partial charge in [0.15, 0.2) is 6.61 Å². The number of hydrogen-bond donors (Lipinski definition) is 1. The first-order valence-corrected chi connectivity index (χ1v) is 7.03. The van der Waals surface area contributed by atoms with E-state index in [0.717, 1.165) is 10.8 Å². The van der Waals surface area contributed by atoms with Gasteiger partial charge in [-0.05, 0) is 11.5 Å². The molecule has 0 atom stereocenters. The lowest BCUT2D eigenvalue weighted by Gasteiger charge is -2.09. The molecule has 0 aliphatic carbocycles. The van der Waals surface area contributed by atoms with Gasteiger partial charge in [0, 0.05) is 11.5 Å². The van der Waals surface area contributed by atoms with Crippen molar-refractivity contribution in [2.75, 3.05) is 19.0 Å². The van der Waals surface area contributed by atoms with E-state index in [2.05, 4.69) is 15.3 Å². The minimum Gasteiger partial charge on any atom is -0.483 e. The number of carbonyl (C=O) groups excluding carboxylic acids is 1. The first-order chi connectivity index (χ1) is 11.3. The van der Waals surface area contributed by atoms with Crippen molar-refractivity contribution in [3.8, 4) is 11.6 Å². The van der Waals surface area contributed by atoms with Crippen LogP contribution in [0.4, 0.5) is 5.82 Å². The molecule has 2 aromatic carbocycles. The lowest BCUT2D eigenvalue weighted by Crippen LogP contribution is -2.20. The lowest BCUT2D eigenvalue weighted by molar-refractivity contribution is -0.118. The van der Waals surface area contributed by atoms with E-state index < -0.39 is 0 Å². The second kappa shape index (κ2) is 6.74. The Hall–Kier alpha value is -3.15. The zero-order valence-corrected chi connectivity index (χ0v) is 12.5. The smallest absolute Gasteiger partial charge is 0.263 e. The largest absolute Gasteiger partial charge is 0.483 e. The van der Waals surface area contributed by atoms with Crippen LogP contribution in [0.1, 0.15) is 0 Å². The summed E-state index contributed by atoms with van der Waals surface area (Å²) in [6.45, 7) is -0.111. The van der Waals surface area contributed by atoms with Gasteiger partial charge in [0.1, 0.15) is 17.9 Å². The molecule has 116 valence electrons. The SMILES string of the molecule is COc1cc(NC(=O)COc2cccc3ccccc23)ncn1. The molecule has 0 saturated carbocycles. The monoisotopic (exact) mass is 309 g/mol. The Morgan fingerprint density at radius 2 is 1.96 bits per heavy atom. The van der Waals surface area contributed by atoms with Crippen LogP contribution in [0.25, 0.3) is 10.8 Å². The van der Waals surface area contributed by atoms with Crippen LogP contribution in [0.15, 0.2) is 54.9 Å². The van der Waals surface area contributed by atoms with Crippen LogP contribution in [0.3, 0.4) is 0 Å². The van der Waals surface area contributed by atoms with Gasteiger partial charge in [-0.1, -0.05) is 36.4 Å². The van der Waals surface area contributed by atoms with E-state index >= 15 is 0 Å². The molecule has 0 aliphatic rings. The number of benzene rings is 2. The molecule has 0 fully saturated rings. The van der Waals surface area contributed by atoms with Crippen LogP contribution in [-0.2, 0) is 4.79 Å². The number of rotatable bonds is 5. The number of aromatic nitrogens is 2. The van der Waals surface area contributed by atoms with Crippen molar-refractivity contribution in [3.63, 3.8) is 0 Å². The fourth-order valence-electron chi connectivity index (χ4n) is 2.16. The highest BCUT2D eigenvalue weighted by Gasteiger charge is 2.07. The third-order valence-corrected chi connectivity index (χ3v) is 3.23. The second-order valence-electron chi connectivity index (χ2n) is 4.76. The number of fused-ring (bicyclic) bond motifs is 1. The lowest BCUT2D eigenvalue weighted by atomic mass is 10.1. The molecule has 0 radical (unpaired) electrons. The van der Waals surface area contributed by atoms with Crippen molar-refractivity contribution in [2.24, 2.45) is 0 Å². The van der Waals surface area contributed by atoms with E-state index in [-0.39, 0.29) is 12.5 Å². The summed E-state index contributed by atoms with van der Waals surface area (Å²) >= 11 is 0. The molecule has 0 bridgehead atoms. The molecular formula is C17H15N3O3. The van der Waals surface area contributed by atoms with Crippen molar-refractivity contribution >= 4 is 22.5 Å². The number of nitrogens with zero attached hydrogens (tertiary/aromatic N) is 2. The zero-order chi connectivity index (χ0) is 16.1. The third-order valence-electron chi connectivity index (χ3n) is 3.23. The van der Waals surface area contributed by atoms with Crippen LogP contribution in [-0.4, -0.2) is 29.6 Å². The molecular weight excluding hydrogens is 294 g/mol. The molecule has 3 aromatic rings. The maximum Gasteiger partial charge on any atom is 0.263 e. The molecule has 0 aliphatic heterocycles. The molecule has 1 amide bonds. The summed E-state index contributed by atoms with van der Waals surface area (Å²) in [4.78, 5) is 19.8. The molecule has 1 heterocycles. The number of ether oxygens (including phenoxy) is 2. The van der Waals surface area contributed by atoms with Gasteiger partial charge in [-0.25, -0.2) is 9.97 Å². The average Bonchev–Trinajstić information content (AvgIpc) is 2.60. The van der Waals surface area contributed by atoms with Gasteiger partial charge in [0.25, 0.3) is 5.91 Å². The molecule has 23 heavy (non-hydrogen) atoms. The van der Waals surface area contributed by atoms with Crippen LogP contribution < -0.4 is 14.8 Å². The highest BCUT2D eigenvalue weighted by atomic mass is 16.5. The van der Waals surface area contributed by atoms with Crippen molar-refractivity contribution in [2.45, 2.75) is 0 Å². The van der Waals surface area contributed by atoms with Gasteiger partial charge in [-0.15, -0.1) is 0 Å². The van der Waals surface area contributed by atoms with E-state index in [1.807, 2.05) is 42.5 Å². The average molecular weight is 309 g/mol. The predicted molar refractivity (Wildman–Crippen MR) is 86.7 cm³/mol. The van der Waals surface area contributed by atoms with Gasteiger partial charge in [-0.3, -0.25) is 4.79 Å². The maximum absolute atomic E-state index is 12.0. The van der Waals surface area contributed by atoms with Gasteiger partial charge in [0.2, 0.25) is 5.88 Å². The van der Waals surface area contributed by atoms with Gasteiger partial charge >= 0.3 is 0 Å². The van der Waals surface area contributed by atoms with Crippen molar-refractivity contribution in [1.29, 1.82) is 0 Å². The summed E-state index contributed by atoms with van der Waals surface area (Å²) in [6, 6.07) is 15.1. The Balaban J connectivity index is 1.66. The summed E-state index contributed by atoms with van der Waals surface area (Å²) in [5.41, 5.74) is 0. The maximum atomic E-state index is 12.0. The van der Waals surface area contributed by atoms with Crippen molar-refractivity contribution in [1.82, 2.24) is 9.97 Å². The number of methoxy groups -OCH3 is 1. The first kappa shape index (κ1) is 14.8. The van der Waals surface area contributed by atoms with E-state index in [0.29, 0.717) is 17.4 Å². The molecule has 1 N–H and O–H groups in total. The normalized spacial score (nSPS) is 10.3. The number of nitrogens with one attached hydrogen (secondary N) is 1. The highest BCUT2D eigenvalue weighted by molar-refractivity contribution is 5.92. The summed E-state index contributed by atoms with van der Waals surface area (Å²) in [6.07, 6.45) is 1.32. The molecule has 3 rings (SSSR count). The Morgan fingerprint density at radius 3 is 2.83 bits per heavy atom. The van der Waals surface area contributed by atoms with Crippen LogP contribution in [0, 0.1) is 0 Å². The number of carbonyl (C=O) groups is 1. The summed E-state index contributed by atoms with van der Waals surface area (Å²) in [7, 11) is 1.50. The summed E-state index contributed by atoms with van der Waals surface area (Å²) < 4.78 is 10.6. The Bertz CT molecular complexity index is 831. The third kappa shape index (κ3) is 3.55. The molecule has 6 heteroatoms. The molecule has 6 nitrogen and oxygen atoms in total. The van der Waals surface area contributed by atoms with Crippen LogP contribution >= 0.6 is 0 Å². The Labute approximate surface area is 133 Å². The van der Waals surface area contributed by atoms with Crippen LogP contribution in [0.2, 0.25) is 0 Å². The van der Waals surface area contributed by atoms with E-state index in [1.54, 1.807) is 0 Å². The quantitative estimate of drug-likeness (QED) is 0.784. The minimum atomic E-state index is -0.307. The van der Waals surface area contributed by atoms with Gasteiger partial charge in [0.05, 0.1) is 7.11 Å². The Kier molecular flexibility index (Phi) is 4.33. The predicted octanol–water partition coefficient (Wildman–Crippen LogP) is 2.66. The minimum absolute atomic E-state index is 0.111. The van der Waals surface area contributed by atoms with Crippen molar-refractivity contribution < 1.29 is 14.3 Å². The summed E-state index contributed by atoms with van der Waals surface area (Å²) in [5, 5.41) is 4.67. The topological polar surface area (TPSA) is 73.3 Å². The first-order valence-electron chi connectivity index (χ1n) is 7.03. The fraction of sp³-hybridized carbons (Fsp3) is 0.118. The molecule has 0 spiro atoms. The molecule has 0 saturated heterocycles. The van der Waals surface area contributed by atoms with E-state index in [9.17, 15) is 4.79 Å². The fourth-order valence-corrected chi connectivity index (χ4v) is 2.16. The number of hydrogen-bond acceptors (Lipinski definition) is 5. The van der Waals surface area contributed by atoms with Crippen molar-refractivity contribution in [3.05, 3.63) is 54.9 Å². The van der Waals surface area contributed by atoms with E-state index in [1.165, 1.54) is 19.5 Å². The number of anilines is 1.